The maximum Gasteiger partial charge on any atom is 0.390 e. The Balaban J connectivity index is 2.44. The standard InChI is InChI=1S/C11H21F3N2/c12-11(13,14)6-9-16-8-3-1-2-4-10(16)5-7-15/h10H,1-9,15H2. The highest BCUT2D eigenvalue weighted by molar-refractivity contribution is 4.76. The van der Waals surface area contributed by atoms with Crippen LogP contribution in [0.2, 0.25) is 0 Å². The Kier molecular flexibility index (Phi) is 5.55. The van der Waals surface area contributed by atoms with Crippen LogP contribution in [-0.2, 0) is 0 Å². The van der Waals surface area contributed by atoms with Crippen LogP contribution in [0.1, 0.15) is 38.5 Å². The molecule has 0 spiro atoms. The quantitative estimate of drug-likeness (QED) is 0.815. The Bertz CT molecular complexity index is 194. The third kappa shape index (κ3) is 5.16. The van der Waals surface area contributed by atoms with Crippen LogP contribution in [0.4, 0.5) is 13.2 Å². The Labute approximate surface area is 95.0 Å². The first-order valence-corrected chi connectivity index (χ1v) is 6.04. The van der Waals surface area contributed by atoms with E-state index in [0.29, 0.717) is 6.54 Å². The van der Waals surface area contributed by atoms with Gasteiger partial charge in [-0.2, -0.15) is 13.2 Å². The number of hydrogen-bond acceptors (Lipinski definition) is 2. The summed E-state index contributed by atoms with van der Waals surface area (Å²) in [6.45, 7) is 1.49. The predicted molar refractivity (Wildman–Crippen MR) is 58.2 cm³/mol. The zero-order chi connectivity index (χ0) is 12.0. The normalized spacial score (nSPS) is 24.4. The van der Waals surface area contributed by atoms with Crippen molar-refractivity contribution in [2.24, 2.45) is 5.73 Å². The summed E-state index contributed by atoms with van der Waals surface area (Å²) in [5.41, 5.74) is 5.51. The van der Waals surface area contributed by atoms with Gasteiger partial charge in [0, 0.05) is 12.6 Å². The smallest absolute Gasteiger partial charge is 0.330 e. The fraction of sp³-hybridized carbons (Fsp3) is 1.00. The van der Waals surface area contributed by atoms with Crippen molar-refractivity contribution in [1.82, 2.24) is 4.90 Å². The Morgan fingerprint density at radius 2 is 1.94 bits per heavy atom. The molecule has 1 saturated heterocycles. The number of nitrogens with zero attached hydrogens (tertiary/aromatic N) is 1. The van der Waals surface area contributed by atoms with Crippen molar-refractivity contribution >= 4 is 0 Å². The number of nitrogens with two attached hydrogens (primary N) is 1. The maximum atomic E-state index is 12.2. The van der Waals surface area contributed by atoms with Crippen molar-refractivity contribution in [3.8, 4) is 0 Å². The second-order valence-corrected chi connectivity index (χ2v) is 4.48. The molecule has 0 aromatic carbocycles. The van der Waals surface area contributed by atoms with Gasteiger partial charge in [-0.15, -0.1) is 0 Å². The monoisotopic (exact) mass is 238 g/mol. The minimum atomic E-state index is -4.04. The van der Waals surface area contributed by atoms with Gasteiger partial charge in [0.2, 0.25) is 0 Å². The minimum Gasteiger partial charge on any atom is -0.330 e. The van der Waals surface area contributed by atoms with Gasteiger partial charge in [0.15, 0.2) is 0 Å². The number of halogens is 3. The first-order chi connectivity index (χ1) is 7.53. The fourth-order valence-corrected chi connectivity index (χ4v) is 2.32. The summed E-state index contributed by atoms with van der Waals surface area (Å²) < 4.78 is 36.5. The lowest BCUT2D eigenvalue weighted by atomic mass is 10.1. The number of alkyl halides is 3. The second kappa shape index (κ2) is 6.45. The molecule has 0 aliphatic carbocycles. The zero-order valence-electron chi connectivity index (χ0n) is 9.60. The molecule has 0 aromatic heterocycles. The molecule has 0 saturated carbocycles. The average Bonchev–Trinajstić information content (AvgIpc) is 2.40. The van der Waals surface area contributed by atoms with Crippen molar-refractivity contribution in [2.75, 3.05) is 19.6 Å². The van der Waals surface area contributed by atoms with Crippen molar-refractivity contribution in [3.05, 3.63) is 0 Å². The highest BCUT2D eigenvalue weighted by Gasteiger charge is 2.29. The molecule has 0 aromatic rings. The molecule has 1 aliphatic heterocycles. The van der Waals surface area contributed by atoms with E-state index in [9.17, 15) is 13.2 Å². The molecule has 0 amide bonds. The molecule has 96 valence electrons. The van der Waals surface area contributed by atoms with Crippen LogP contribution in [0, 0.1) is 0 Å². The molecule has 16 heavy (non-hydrogen) atoms. The summed E-state index contributed by atoms with van der Waals surface area (Å²) in [4.78, 5) is 1.98. The van der Waals surface area contributed by atoms with Crippen LogP contribution < -0.4 is 5.73 Å². The van der Waals surface area contributed by atoms with Gasteiger partial charge in [-0.05, 0) is 32.4 Å². The largest absolute Gasteiger partial charge is 0.390 e. The third-order valence-electron chi connectivity index (χ3n) is 3.18. The molecule has 1 aliphatic rings. The molecule has 2 nitrogen and oxygen atoms in total. The van der Waals surface area contributed by atoms with E-state index in [2.05, 4.69) is 0 Å². The van der Waals surface area contributed by atoms with E-state index in [1.807, 2.05) is 4.90 Å². The summed E-state index contributed by atoms with van der Waals surface area (Å²) in [6, 6.07) is 0.259. The summed E-state index contributed by atoms with van der Waals surface area (Å²) in [7, 11) is 0. The molecule has 5 heteroatoms. The lowest BCUT2D eigenvalue weighted by molar-refractivity contribution is -0.139. The van der Waals surface area contributed by atoms with E-state index in [1.165, 1.54) is 0 Å². The molecule has 1 rings (SSSR count). The predicted octanol–water partition coefficient (Wildman–Crippen LogP) is 2.53. The van der Waals surface area contributed by atoms with Crippen molar-refractivity contribution in [2.45, 2.75) is 50.7 Å². The lowest BCUT2D eigenvalue weighted by Gasteiger charge is -2.29. The second-order valence-electron chi connectivity index (χ2n) is 4.48. The number of likely N-dealkylation sites (tertiary alicyclic amines) is 1. The molecule has 1 atom stereocenters. The molecule has 1 fully saturated rings. The first-order valence-electron chi connectivity index (χ1n) is 6.04. The van der Waals surface area contributed by atoms with Crippen molar-refractivity contribution < 1.29 is 13.2 Å². The van der Waals surface area contributed by atoms with E-state index in [4.69, 9.17) is 5.73 Å². The van der Waals surface area contributed by atoms with Crippen LogP contribution >= 0.6 is 0 Å². The highest BCUT2D eigenvalue weighted by atomic mass is 19.4. The Hall–Kier alpha value is -0.290. The summed E-state index contributed by atoms with van der Waals surface area (Å²) in [5, 5.41) is 0. The van der Waals surface area contributed by atoms with Crippen LogP contribution in [0.15, 0.2) is 0 Å². The Morgan fingerprint density at radius 3 is 2.56 bits per heavy atom. The van der Waals surface area contributed by atoms with Gasteiger partial charge in [-0.25, -0.2) is 0 Å². The molecule has 1 heterocycles. The highest BCUT2D eigenvalue weighted by Crippen LogP contribution is 2.24. The number of rotatable bonds is 4. The lowest BCUT2D eigenvalue weighted by Crippen LogP contribution is -2.38. The maximum absolute atomic E-state index is 12.2. The third-order valence-corrected chi connectivity index (χ3v) is 3.18. The summed E-state index contributed by atoms with van der Waals surface area (Å²) in [5.74, 6) is 0. The van der Waals surface area contributed by atoms with Gasteiger partial charge in [-0.1, -0.05) is 12.8 Å². The van der Waals surface area contributed by atoms with Crippen LogP contribution in [0.5, 0.6) is 0 Å². The Morgan fingerprint density at radius 1 is 1.19 bits per heavy atom. The van der Waals surface area contributed by atoms with Crippen LogP contribution in [0.25, 0.3) is 0 Å². The van der Waals surface area contributed by atoms with Crippen LogP contribution in [-0.4, -0.2) is 36.8 Å². The fourth-order valence-electron chi connectivity index (χ4n) is 2.32. The molecule has 2 N–H and O–H groups in total. The SMILES string of the molecule is NCCC1CCCCCN1CCC(F)(F)F. The van der Waals surface area contributed by atoms with E-state index in [-0.39, 0.29) is 12.6 Å². The zero-order valence-corrected chi connectivity index (χ0v) is 9.60. The van der Waals surface area contributed by atoms with Gasteiger partial charge in [-0.3, -0.25) is 0 Å². The van der Waals surface area contributed by atoms with Gasteiger partial charge in [0.25, 0.3) is 0 Å². The molecule has 1 unspecified atom stereocenters. The van der Waals surface area contributed by atoms with Gasteiger partial charge < -0.3 is 10.6 Å². The van der Waals surface area contributed by atoms with Gasteiger partial charge in [0.05, 0.1) is 6.42 Å². The minimum absolute atomic E-state index is 0.133. The topological polar surface area (TPSA) is 29.3 Å². The van der Waals surface area contributed by atoms with Gasteiger partial charge in [0.1, 0.15) is 0 Å². The van der Waals surface area contributed by atoms with Gasteiger partial charge >= 0.3 is 6.18 Å². The van der Waals surface area contributed by atoms with Crippen LogP contribution in [0.3, 0.4) is 0 Å². The van der Waals surface area contributed by atoms with Crippen molar-refractivity contribution in [1.29, 1.82) is 0 Å². The first kappa shape index (κ1) is 13.8. The van der Waals surface area contributed by atoms with E-state index in [0.717, 1.165) is 38.6 Å². The molecule has 0 radical (unpaired) electrons. The van der Waals surface area contributed by atoms with E-state index < -0.39 is 12.6 Å². The van der Waals surface area contributed by atoms with Crippen molar-refractivity contribution in [3.63, 3.8) is 0 Å². The molecular weight excluding hydrogens is 217 g/mol. The average molecular weight is 238 g/mol. The molecule has 0 bridgehead atoms. The van der Waals surface area contributed by atoms with E-state index in [1.54, 1.807) is 0 Å². The molecular formula is C11H21F3N2. The summed E-state index contributed by atoms with van der Waals surface area (Å²) >= 11 is 0. The number of hydrogen-bond donors (Lipinski definition) is 1. The van der Waals surface area contributed by atoms with E-state index >= 15 is 0 Å². The summed E-state index contributed by atoms with van der Waals surface area (Å²) in [6.07, 6.45) is 0.330.